The van der Waals surface area contributed by atoms with Crippen LogP contribution in [0, 0.1) is 22.2 Å². The Morgan fingerprint density at radius 3 is 1.77 bits per heavy atom. The van der Waals surface area contributed by atoms with E-state index in [4.69, 9.17) is 42.6 Å². The molecule has 2 bridgehead atoms. The molecular formula is C44H74O13. The van der Waals surface area contributed by atoms with E-state index in [-0.39, 0.29) is 62.0 Å². The van der Waals surface area contributed by atoms with Crippen molar-refractivity contribution in [1.82, 2.24) is 0 Å². The van der Waals surface area contributed by atoms with Crippen LogP contribution in [0.1, 0.15) is 101 Å². The molecule has 5 aliphatic rings. The van der Waals surface area contributed by atoms with E-state index in [1.165, 1.54) is 18.9 Å². The number of rotatable bonds is 15. The summed E-state index contributed by atoms with van der Waals surface area (Å²) in [5.41, 5.74) is 0.284. The van der Waals surface area contributed by atoms with Crippen molar-refractivity contribution in [3.8, 4) is 0 Å². The Hall–Kier alpha value is -3.36. The number of fused-ring (bicyclic) bond motifs is 2. The van der Waals surface area contributed by atoms with Gasteiger partial charge in [0.25, 0.3) is 0 Å². The second kappa shape index (κ2) is 27.4. The second-order valence-electron chi connectivity index (χ2n) is 15.3. The van der Waals surface area contributed by atoms with Crippen LogP contribution in [0.4, 0.5) is 0 Å². The lowest BCUT2D eigenvalue weighted by molar-refractivity contribution is -0.185. The van der Waals surface area contributed by atoms with Gasteiger partial charge in [0.05, 0.1) is 44.1 Å². The van der Waals surface area contributed by atoms with Crippen LogP contribution in [0.5, 0.6) is 0 Å². The van der Waals surface area contributed by atoms with Crippen LogP contribution in [-0.2, 0) is 61.8 Å². The minimum absolute atomic E-state index is 0. The van der Waals surface area contributed by atoms with E-state index in [0.717, 1.165) is 70.0 Å². The number of carbonyl (C=O) groups is 4. The van der Waals surface area contributed by atoms with Crippen LogP contribution in [0.3, 0.4) is 0 Å². The van der Waals surface area contributed by atoms with Gasteiger partial charge in [0.15, 0.2) is 0 Å². The average molecular weight is 811 g/mol. The number of hydrogen-bond donors (Lipinski definition) is 0. The van der Waals surface area contributed by atoms with Crippen molar-refractivity contribution in [2.75, 3.05) is 59.6 Å². The molecule has 328 valence electrons. The average Bonchev–Trinajstić information content (AvgIpc) is 3.99. The first-order valence-corrected chi connectivity index (χ1v) is 19.4. The Morgan fingerprint density at radius 2 is 1.32 bits per heavy atom. The van der Waals surface area contributed by atoms with Gasteiger partial charge in [-0.1, -0.05) is 68.9 Å². The SMILES string of the molecule is C.C.C=CC(=O)OC(C)COCC1CCCO1.C=CC(=O)OC1CC2CCC1(C)C2(C)C.C=CC(=O)OCC1(CC)COCOC1.C=CC(=O)OCC1CCCO1. The van der Waals surface area contributed by atoms with Crippen molar-refractivity contribution in [2.24, 2.45) is 22.2 Å². The van der Waals surface area contributed by atoms with Gasteiger partial charge in [0.1, 0.15) is 32.2 Å². The largest absolute Gasteiger partial charge is 0.462 e. The maximum atomic E-state index is 11.3. The van der Waals surface area contributed by atoms with Crippen LogP contribution in [0.2, 0.25) is 0 Å². The first-order chi connectivity index (χ1) is 26.2. The standard InChI is InChI=1S/C13H20O2.C11H18O4.C10H16O4.C8H12O3.2CH4/c1-5-11(14)15-10-8-9-6-7-13(10,4)12(9,2)3;1-3-11(12)15-9(2)7-13-8-10-5-4-6-14-10;1-3-9(11)14-7-10(4-2)5-12-8-13-6-10;1-2-8(9)11-6-7-4-3-5-10-7;;/h5,9-10H,1,6-8H2,2-4H3;3,9-10H,1,4-8H2,2H3;3H,1,4-8H2,2H3;2,7H,1,3-6H2;2*1H4. The molecule has 0 amide bonds. The summed E-state index contributed by atoms with van der Waals surface area (Å²) in [6, 6.07) is 0. The molecule has 0 aromatic rings. The number of ether oxygens (including phenoxy) is 9. The lowest BCUT2D eigenvalue weighted by Crippen LogP contribution is -2.41. The van der Waals surface area contributed by atoms with Gasteiger partial charge in [-0.25, -0.2) is 19.2 Å². The highest BCUT2D eigenvalue weighted by Gasteiger charge is 2.62. The van der Waals surface area contributed by atoms with E-state index in [0.29, 0.717) is 57.8 Å². The van der Waals surface area contributed by atoms with Gasteiger partial charge in [0, 0.05) is 42.9 Å². The topological polar surface area (TPSA) is 151 Å². The molecule has 6 atom stereocenters. The van der Waals surface area contributed by atoms with E-state index >= 15 is 0 Å². The lowest BCUT2D eigenvalue weighted by Gasteiger charge is -2.38. The van der Waals surface area contributed by atoms with Gasteiger partial charge < -0.3 is 42.6 Å². The molecule has 6 unspecified atom stereocenters. The highest BCUT2D eigenvalue weighted by atomic mass is 16.7. The highest BCUT2D eigenvalue weighted by Crippen LogP contribution is 2.66. The maximum Gasteiger partial charge on any atom is 0.330 e. The Bertz CT molecular complexity index is 1240. The van der Waals surface area contributed by atoms with E-state index in [1.54, 1.807) is 6.92 Å². The number of hydrogen-bond acceptors (Lipinski definition) is 13. The quantitative estimate of drug-likeness (QED) is 0.0912. The second-order valence-corrected chi connectivity index (χ2v) is 15.3. The summed E-state index contributed by atoms with van der Waals surface area (Å²) in [5.74, 6) is -0.748. The summed E-state index contributed by atoms with van der Waals surface area (Å²) in [4.78, 5) is 43.5. The van der Waals surface area contributed by atoms with Gasteiger partial charge in [-0.3, -0.25) is 0 Å². The van der Waals surface area contributed by atoms with E-state index in [2.05, 4.69) is 47.1 Å². The smallest absolute Gasteiger partial charge is 0.330 e. The third kappa shape index (κ3) is 17.6. The van der Waals surface area contributed by atoms with Crippen LogP contribution in [0.15, 0.2) is 50.6 Å². The van der Waals surface area contributed by atoms with Crippen molar-refractivity contribution in [3.05, 3.63) is 50.6 Å². The summed E-state index contributed by atoms with van der Waals surface area (Å²) in [7, 11) is 0. The van der Waals surface area contributed by atoms with Gasteiger partial charge in [-0.15, -0.1) is 0 Å². The Kier molecular flexibility index (Phi) is 25.7. The maximum absolute atomic E-state index is 11.3. The molecule has 0 aromatic carbocycles. The molecule has 13 heteroatoms. The normalized spacial score (nSPS) is 26.2. The third-order valence-electron chi connectivity index (χ3n) is 11.3. The van der Waals surface area contributed by atoms with E-state index in [1.807, 2.05) is 6.92 Å². The summed E-state index contributed by atoms with van der Waals surface area (Å²) in [5, 5.41) is 0. The molecular weight excluding hydrogens is 736 g/mol. The fourth-order valence-corrected chi connectivity index (χ4v) is 7.22. The lowest BCUT2D eigenvalue weighted by atomic mass is 9.70. The van der Waals surface area contributed by atoms with Crippen molar-refractivity contribution in [1.29, 1.82) is 0 Å². The van der Waals surface area contributed by atoms with Crippen LogP contribution >= 0.6 is 0 Å². The Balaban J connectivity index is 0.000000730. The van der Waals surface area contributed by atoms with Gasteiger partial charge in [-0.2, -0.15) is 0 Å². The van der Waals surface area contributed by atoms with Gasteiger partial charge in [0.2, 0.25) is 0 Å². The molecule has 5 rings (SSSR count). The predicted octanol–water partition coefficient (Wildman–Crippen LogP) is 7.51. The number of esters is 4. The number of carbonyl (C=O) groups excluding carboxylic acids is 4. The molecule has 2 aliphatic carbocycles. The molecule has 3 aliphatic heterocycles. The zero-order valence-electron chi connectivity index (χ0n) is 33.9. The Morgan fingerprint density at radius 1 is 0.772 bits per heavy atom. The summed E-state index contributed by atoms with van der Waals surface area (Å²) in [6.07, 6.45) is 13.5. The van der Waals surface area contributed by atoms with Gasteiger partial charge >= 0.3 is 23.9 Å². The fraction of sp³-hybridized carbons (Fsp3) is 0.727. The Labute approximate surface area is 342 Å². The van der Waals surface area contributed by atoms with E-state index < -0.39 is 11.9 Å². The van der Waals surface area contributed by atoms with Crippen molar-refractivity contribution in [3.63, 3.8) is 0 Å². The molecule has 0 aromatic heterocycles. The highest BCUT2D eigenvalue weighted by molar-refractivity contribution is 5.82. The molecule has 3 saturated heterocycles. The van der Waals surface area contributed by atoms with E-state index in [9.17, 15) is 19.2 Å². The third-order valence-corrected chi connectivity index (χ3v) is 11.3. The van der Waals surface area contributed by atoms with Crippen LogP contribution in [-0.4, -0.2) is 108 Å². The first kappa shape index (κ1) is 53.6. The monoisotopic (exact) mass is 811 g/mol. The van der Waals surface area contributed by atoms with Crippen LogP contribution < -0.4 is 0 Å². The predicted molar refractivity (Wildman–Crippen MR) is 219 cm³/mol. The minimum Gasteiger partial charge on any atom is -0.462 e. The molecule has 3 heterocycles. The molecule has 5 fully saturated rings. The van der Waals surface area contributed by atoms with Crippen molar-refractivity contribution < 1.29 is 61.8 Å². The fourth-order valence-electron chi connectivity index (χ4n) is 7.22. The van der Waals surface area contributed by atoms with Crippen LogP contribution in [0.25, 0.3) is 0 Å². The van der Waals surface area contributed by atoms with Crippen molar-refractivity contribution in [2.45, 2.75) is 125 Å². The molecule has 57 heavy (non-hydrogen) atoms. The van der Waals surface area contributed by atoms with Crippen molar-refractivity contribution >= 4 is 23.9 Å². The van der Waals surface area contributed by atoms with Gasteiger partial charge in [-0.05, 0) is 69.6 Å². The molecule has 0 spiro atoms. The molecule has 2 saturated carbocycles. The first-order valence-electron chi connectivity index (χ1n) is 19.4. The molecule has 0 N–H and O–H groups in total. The molecule has 13 nitrogen and oxygen atoms in total. The minimum atomic E-state index is -0.414. The summed E-state index contributed by atoms with van der Waals surface area (Å²) in [6.45, 7) is 28.9. The summed E-state index contributed by atoms with van der Waals surface area (Å²) >= 11 is 0. The summed E-state index contributed by atoms with van der Waals surface area (Å²) < 4.78 is 46.6. The zero-order valence-corrected chi connectivity index (χ0v) is 33.9. The molecule has 0 radical (unpaired) electrons. The zero-order chi connectivity index (χ0) is 40.9.